The van der Waals surface area contributed by atoms with Gasteiger partial charge in [0.15, 0.2) is 0 Å². The maximum atomic E-state index is 12.0. The average molecular weight is 288 g/mol. The first-order valence-corrected chi connectivity index (χ1v) is 7.63. The number of ether oxygens (including phenoxy) is 1. The van der Waals surface area contributed by atoms with Gasteiger partial charge in [0.05, 0.1) is 13.1 Å². The molecule has 2 aliphatic heterocycles. The van der Waals surface area contributed by atoms with Gasteiger partial charge in [-0.1, -0.05) is 0 Å². The van der Waals surface area contributed by atoms with E-state index in [4.69, 9.17) is 9.84 Å². The van der Waals surface area contributed by atoms with Crippen LogP contribution in [-0.4, -0.2) is 64.9 Å². The van der Waals surface area contributed by atoms with Crippen molar-refractivity contribution in [3.63, 3.8) is 0 Å². The summed E-state index contributed by atoms with van der Waals surface area (Å²) in [5.74, 6) is 1.22. The molecule has 0 spiro atoms. The number of urea groups is 1. The van der Waals surface area contributed by atoms with Crippen LogP contribution in [0.2, 0.25) is 0 Å². The van der Waals surface area contributed by atoms with Gasteiger partial charge in [-0.3, -0.25) is 0 Å². The van der Waals surface area contributed by atoms with E-state index < -0.39 is 11.6 Å². The Morgan fingerprint density at radius 1 is 1.42 bits per heavy atom. The van der Waals surface area contributed by atoms with Crippen molar-refractivity contribution in [2.24, 2.45) is 0 Å². The van der Waals surface area contributed by atoms with Crippen LogP contribution in [0.4, 0.5) is 4.79 Å². The van der Waals surface area contributed by atoms with Gasteiger partial charge in [-0.25, -0.2) is 9.59 Å². The largest absolute Gasteiger partial charge is 0.480 e. The number of hydrogen-bond donors (Lipinski definition) is 2. The van der Waals surface area contributed by atoms with Gasteiger partial charge in [0.25, 0.3) is 0 Å². The first-order valence-electron chi connectivity index (χ1n) is 6.47. The number of carbonyl (C=O) groups excluding carboxylic acids is 1. The van der Waals surface area contributed by atoms with Crippen molar-refractivity contribution in [1.82, 2.24) is 10.2 Å². The van der Waals surface area contributed by atoms with Gasteiger partial charge in [-0.15, -0.1) is 0 Å². The summed E-state index contributed by atoms with van der Waals surface area (Å²) in [4.78, 5) is 24.1. The minimum absolute atomic E-state index is 0.0618. The topological polar surface area (TPSA) is 78.9 Å². The molecule has 2 rings (SSSR count). The van der Waals surface area contributed by atoms with E-state index in [0.717, 1.165) is 24.3 Å². The molecule has 19 heavy (non-hydrogen) atoms. The highest BCUT2D eigenvalue weighted by Gasteiger charge is 2.43. The van der Waals surface area contributed by atoms with E-state index in [-0.39, 0.29) is 18.7 Å². The Hall–Kier alpha value is -0.950. The van der Waals surface area contributed by atoms with Crippen LogP contribution in [0.3, 0.4) is 0 Å². The maximum absolute atomic E-state index is 12.0. The monoisotopic (exact) mass is 288 g/mol. The summed E-state index contributed by atoms with van der Waals surface area (Å²) in [6.07, 6.45) is 2.05. The highest BCUT2D eigenvalue weighted by atomic mass is 32.2. The molecule has 0 saturated carbocycles. The highest BCUT2D eigenvalue weighted by Crippen LogP contribution is 2.25. The normalized spacial score (nSPS) is 22.7. The molecule has 0 atom stereocenters. The van der Waals surface area contributed by atoms with Gasteiger partial charge in [-0.2, -0.15) is 11.8 Å². The molecule has 6 nitrogen and oxygen atoms in total. The summed E-state index contributed by atoms with van der Waals surface area (Å²) in [7, 11) is 0. The van der Waals surface area contributed by atoms with Gasteiger partial charge >= 0.3 is 12.0 Å². The lowest BCUT2D eigenvalue weighted by Crippen LogP contribution is -2.66. The standard InChI is InChI=1S/C12H20N2O4S/c1-12(18-6-10(15)16)7-14(8-12)11(17)13-9-2-4-19-5-3-9/h9H,2-8H2,1H3,(H,13,17)(H,15,16). The average Bonchev–Trinajstić information content (AvgIpc) is 2.34. The fourth-order valence-electron chi connectivity index (χ4n) is 2.34. The Balaban J connectivity index is 1.70. The smallest absolute Gasteiger partial charge is 0.329 e. The molecule has 0 radical (unpaired) electrons. The number of carboxylic acid groups (broad SMARTS) is 1. The molecule has 0 aromatic carbocycles. The maximum Gasteiger partial charge on any atom is 0.329 e. The molecule has 7 heteroatoms. The molecule has 0 aliphatic carbocycles. The fourth-order valence-corrected chi connectivity index (χ4v) is 3.45. The van der Waals surface area contributed by atoms with Crippen LogP contribution in [0.15, 0.2) is 0 Å². The van der Waals surface area contributed by atoms with E-state index in [1.165, 1.54) is 0 Å². The number of nitrogens with one attached hydrogen (secondary N) is 1. The SMILES string of the molecule is CC1(OCC(=O)O)CN(C(=O)NC2CCSCC2)C1. The third-order valence-corrected chi connectivity index (χ3v) is 4.48. The molecular formula is C12H20N2O4S. The molecule has 0 unspecified atom stereocenters. The number of rotatable bonds is 4. The summed E-state index contributed by atoms with van der Waals surface area (Å²) in [5, 5.41) is 11.6. The van der Waals surface area contributed by atoms with Crippen LogP contribution in [-0.2, 0) is 9.53 Å². The van der Waals surface area contributed by atoms with Crippen molar-refractivity contribution in [1.29, 1.82) is 0 Å². The first kappa shape index (κ1) is 14.5. The molecule has 0 aromatic rings. The third-order valence-electron chi connectivity index (χ3n) is 3.43. The van der Waals surface area contributed by atoms with Crippen molar-refractivity contribution in [3.05, 3.63) is 0 Å². The fraction of sp³-hybridized carbons (Fsp3) is 0.833. The molecule has 2 heterocycles. The zero-order valence-corrected chi connectivity index (χ0v) is 11.9. The van der Waals surface area contributed by atoms with Crippen LogP contribution < -0.4 is 5.32 Å². The minimum Gasteiger partial charge on any atom is -0.480 e. The highest BCUT2D eigenvalue weighted by molar-refractivity contribution is 7.99. The summed E-state index contributed by atoms with van der Waals surface area (Å²) in [5.41, 5.74) is -0.516. The lowest BCUT2D eigenvalue weighted by atomic mass is 9.97. The van der Waals surface area contributed by atoms with Crippen molar-refractivity contribution in [3.8, 4) is 0 Å². The predicted octanol–water partition coefficient (Wildman–Crippen LogP) is 0.767. The van der Waals surface area contributed by atoms with Crippen LogP contribution in [0.25, 0.3) is 0 Å². The van der Waals surface area contributed by atoms with Crippen LogP contribution in [0, 0.1) is 0 Å². The van der Waals surface area contributed by atoms with Gasteiger partial charge in [-0.05, 0) is 31.3 Å². The number of likely N-dealkylation sites (tertiary alicyclic amines) is 1. The summed E-state index contributed by atoms with van der Waals surface area (Å²) >= 11 is 1.92. The van der Waals surface area contributed by atoms with Crippen molar-refractivity contribution in [2.45, 2.75) is 31.4 Å². The Morgan fingerprint density at radius 2 is 2.05 bits per heavy atom. The van der Waals surface area contributed by atoms with E-state index >= 15 is 0 Å². The summed E-state index contributed by atoms with van der Waals surface area (Å²) in [6, 6.07) is 0.217. The summed E-state index contributed by atoms with van der Waals surface area (Å²) in [6.45, 7) is 2.42. The molecule has 2 amide bonds. The van der Waals surface area contributed by atoms with Crippen molar-refractivity contribution < 1.29 is 19.4 Å². The van der Waals surface area contributed by atoms with Gasteiger partial charge < -0.3 is 20.1 Å². The van der Waals surface area contributed by atoms with Crippen molar-refractivity contribution >= 4 is 23.8 Å². The molecule has 108 valence electrons. The second-order valence-corrected chi connectivity index (χ2v) is 6.55. The van der Waals surface area contributed by atoms with E-state index in [1.54, 1.807) is 4.90 Å². The number of carboxylic acids is 1. The molecule has 2 fully saturated rings. The predicted molar refractivity (Wildman–Crippen MR) is 72.4 cm³/mol. The zero-order chi connectivity index (χ0) is 13.9. The Kier molecular flexibility index (Phi) is 4.57. The molecule has 0 aromatic heterocycles. The molecule has 2 N–H and O–H groups in total. The number of hydrogen-bond acceptors (Lipinski definition) is 4. The Morgan fingerprint density at radius 3 is 2.63 bits per heavy atom. The number of nitrogens with zero attached hydrogens (tertiary/aromatic N) is 1. The quantitative estimate of drug-likeness (QED) is 0.799. The molecular weight excluding hydrogens is 268 g/mol. The van der Waals surface area contributed by atoms with E-state index in [9.17, 15) is 9.59 Å². The van der Waals surface area contributed by atoms with Crippen molar-refractivity contribution in [2.75, 3.05) is 31.2 Å². The van der Waals surface area contributed by atoms with E-state index in [1.807, 2.05) is 18.7 Å². The molecule has 0 bridgehead atoms. The van der Waals surface area contributed by atoms with Gasteiger partial charge in [0, 0.05) is 6.04 Å². The second kappa shape index (κ2) is 6.00. The third kappa shape index (κ3) is 4.01. The molecule has 2 aliphatic rings. The Bertz CT molecular complexity index is 352. The van der Waals surface area contributed by atoms with Crippen LogP contribution in [0.1, 0.15) is 19.8 Å². The van der Waals surface area contributed by atoms with Crippen LogP contribution in [0.5, 0.6) is 0 Å². The minimum atomic E-state index is -0.983. The second-order valence-electron chi connectivity index (χ2n) is 5.32. The lowest BCUT2D eigenvalue weighted by Gasteiger charge is -2.47. The number of thioether (sulfide) groups is 1. The van der Waals surface area contributed by atoms with Crippen LogP contribution >= 0.6 is 11.8 Å². The summed E-state index contributed by atoms with van der Waals surface area (Å²) < 4.78 is 5.27. The number of carbonyl (C=O) groups is 2. The zero-order valence-electron chi connectivity index (χ0n) is 11.1. The van der Waals surface area contributed by atoms with E-state index in [0.29, 0.717) is 13.1 Å². The molecule has 2 saturated heterocycles. The van der Waals surface area contributed by atoms with Gasteiger partial charge in [0.2, 0.25) is 0 Å². The Labute approximate surface area is 116 Å². The lowest BCUT2D eigenvalue weighted by molar-refractivity contribution is -0.159. The number of aliphatic carboxylic acids is 1. The first-order chi connectivity index (χ1) is 8.98. The number of amides is 2. The van der Waals surface area contributed by atoms with E-state index in [2.05, 4.69) is 5.32 Å². The van der Waals surface area contributed by atoms with Gasteiger partial charge in [0.1, 0.15) is 12.2 Å².